The molecule has 0 heterocycles. The quantitative estimate of drug-likeness (QED) is 0.623. The van der Waals surface area contributed by atoms with E-state index in [1.807, 2.05) is 77.1 Å². The summed E-state index contributed by atoms with van der Waals surface area (Å²) in [7, 11) is 1.61. The van der Waals surface area contributed by atoms with Crippen molar-refractivity contribution in [3.8, 4) is 11.5 Å². The van der Waals surface area contributed by atoms with Gasteiger partial charge in [-0.05, 0) is 63.4 Å². The molecule has 0 bridgehead atoms. The zero-order valence-electron chi connectivity index (χ0n) is 19.4. The third kappa shape index (κ3) is 7.02. The van der Waals surface area contributed by atoms with Crippen LogP contribution in [0.25, 0.3) is 0 Å². The average Bonchev–Trinajstić information content (AvgIpc) is 2.72. The molecule has 0 aromatic heterocycles. The third-order valence-corrected chi connectivity index (χ3v) is 5.01. The molecule has 0 aliphatic carbocycles. The van der Waals surface area contributed by atoms with Crippen LogP contribution in [0.15, 0.2) is 42.5 Å². The maximum Gasteiger partial charge on any atom is 0.261 e. The van der Waals surface area contributed by atoms with Crippen LogP contribution in [-0.4, -0.2) is 42.5 Å². The lowest BCUT2D eigenvalue weighted by Gasteiger charge is -2.31. The Bertz CT molecular complexity index is 878. The average molecular weight is 427 g/mol. The molecule has 6 nitrogen and oxygen atoms in total. The van der Waals surface area contributed by atoms with E-state index in [0.717, 1.165) is 22.4 Å². The molecule has 2 aromatic rings. The molecule has 6 heteroatoms. The molecule has 1 N–H and O–H groups in total. The van der Waals surface area contributed by atoms with Crippen LogP contribution in [-0.2, 0) is 16.1 Å². The van der Waals surface area contributed by atoms with E-state index in [9.17, 15) is 9.59 Å². The van der Waals surface area contributed by atoms with E-state index in [1.165, 1.54) is 0 Å². The van der Waals surface area contributed by atoms with E-state index in [2.05, 4.69) is 5.32 Å². The minimum absolute atomic E-state index is 0.00838. The summed E-state index contributed by atoms with van der Waals surface area (Å²) >= 11 is 0. The van der Waals surface area contributed by atoms with Crippen molar-refractivity contribution in [2.24, 2.45) is 0 Å². The first-order valence-corrected chi connectivity index (χ1v) is 10.7. The second-order valence-corrected chi connectivity index (χ2v) is 8.01. The number of methoxy groups -OCH3 is 1. The minimum atomic E-state index is -0.584. The van der Waals surface area contributed by atoms with Gasteiger partial charge in [0, 0.05) is 12.6 Å². The van der Waals surface area contributed by atoms with Crippen LogP contribution >= 0.6 is 0 Å². The Kier molecular flexibility index (Phi) is 8.91. The van der Waals surface area contributed by atoms with Crippen LogP contribution in [0.1, 0.15) is 43.9 Å². The Balaban J connectivity index is 2.23. The number of ether oxygens (including phenoxy) is 2. The summed E-state index contributed by atoms with van der Waals surface area (Å²) < 4.78 is 11.0. The summed E-state index contributed by atoms with van der Waals surface area (Å²) in [6.07, 6.45) is 0.504. The van der Waals surface area contributed by atoms with Crippen molar-refractivity contribution < 1.29 is 19.1 Å². The monoisotopic (exact) mass is 426 g/mol. The molecule has 2 rings (SSSR count). The molecule has 2 amide bonds. The first-order valence-electron chi connectivity index (χ1n) is 10.7. The standard InChI is InChI=1S/C25H34N2O4/c1-7-22(25(29)26-17(2)3)27(15-20-9-11-21(30-6)12-10-20)24(28)16-31-23-13-8-18(4)14-19(23)5/h8-14,17,22H,7,15-16H2,1-6H3,(H,26,29)/t22-/m1/s1. The first kappa shape index (κ1) is 24.3. The van der Waals surface area contributed by atoms with E-state index in [-0.39, 0.29) is 24.5 Å². The smallest absolute Gasteiger partial charge is 0.261 e. The normalized spacial score (nSPS) is 11.7. The number of nitrogens with one attached hydrogen (secondary N) is 1. The van der Waals surface area contributed by atoms with Gasteiger partial charge in [-0.3, -0.25) is 9.59 Å². The minimum Gasteiger partial charge on any atom is -0.497 e. The lowest BCUT2D eigenvalue weighted by Crippen LogP contribution is -2.51. The lowest BCUT2D eigenvalue weighted by molar-refractivity contribution is -0.143. The van der Waals surface area contributed by atoms with Crippen molar-refractivity contribution in [3.63, 3.8) is 0 Å². The number of hydrogen-bond acceptors (Lipinski definition) is 4. The second kappa shape index (κ2) is 11.4. The van der Waals surface area contributed by atoms with Gasteiger partial charge in [0.15, 0.2) is 6.61 Å². The SMILES string of the molecule is CC[C@H](C(=O)NC(C)C)N(Cc1ccc(OC)cc1)C(=O)COc1ccc(C)cc1C. The fraction of sp³-hybridized carbons (Fsp3) is 0.440. The lowest BCUT2D eigenvalue weighted by atomic mass is 10.1. The van der Waals surface area contributed by atoms with E-state index < -0.39 is 6.04 Å². The highest BCUT2D eigenvalue weighted by molar-refractivity contribution is 5.88. The molecule has 0 unspecified atom stereocenters. The van der Waals surface area contributed by atoms with E-state index >= 15 is 0 Å². The molecule has 0 fully saturated rings. The topological polar surface area (TPSA) is 67.9 Å². The molecule has 31 heavy (non-hydrogen) atoms. The molecule has 0 spiro atoms. The number of rotatable bonds is 10. The molecule has 1 atom stereocenters. The summed E-state index contributed by atoms with van der Waals surface area (Å²) in [5, 5.41) is 2.93. The molecule has 168 valence electrons. The number of benzene rings is 2. The van der Waals surface area contributed by atoms with Crippen LogP contribution in [0.2, 0.25) is 0 Å². The fourth-order valence-corrected chi connectivity index (χ4v) is 3.41. The van der Waals surface area contributed by atoms with Gasteiger partial charge >= 0.3 is 0 Å². The van der Waals surface area contributed by atoms with Gasteiger partial charge in [0.2, 0.25) is 5.91 Å². The zero-order chi connectivity index (χ0) is 23.0. The van der Waals surface area contributed by atoms with Crippen molar-refractivity contribution in [1.29, 1.82) is 0 Å². The molecule has 0 saturated heterocycles. The van der Waals surface area contributed by atoms with Gasteiger partial charge in [0.1, 0.15) is 17.5 Å². The van der Waals surface area contributed by atoms with Crippen molar-refractivity contribution in [2.45, 2.75) is 59.7 Å². The fourth-order valence-electron chi connectivity index (χ4n) is 3.41. The van der Waals surface area contributed by atoms with Crippen LogP contribution < -0.4 is 14.8 Å². The maximum atomic E-state index is 13.2. The Labute approximate surface area is 185 Å². The highest BCUT2D eigenvalue weighted by Crippen LogP contribution is 2.20. The highest BCUT2D eigenvalue weighted by Gasteiger charge is 2.29. The molecule has 0 saturated carbocycles. The van der Waals surface area contributed by atoms with Crippen molar-refractivity contribution >= 4 is 11.8 Å². The van der Waals surface area contributed by atoms with Crippen molar-refractivity contribution in [2.75, 3.05) is 13.7 Å². The Morgan fingerprint density at radius 1 is 1.06 bits per heavy atom. The van der Waals surface area contributed by atoms with Gasteiger partial charge < -0.3 is 19.7 Å². The van der Waals surface area contributed by atoms with Gasteiger partial charge in [-0.2, -0.15) is 0 Å². The number of nitrogens with zero attached hydrogens (tertiary/aromatic N) is 1. The van der Waals surface area contributed by atoms with Crippen LogP contribution in [0.5, 0.6) is 11.5 Å². The molecule has 0 aliphatic heterocycles. The predicted octanol–water partition coefficient (Wildman–Crippen LogP) is 4.02. The maximum absolute atomic E-state index is 13.2. The Hall–Kier alpha value is -3.02. The van der Waals surface area contributed by atoms with Crippen LogP contribution in [0.3, 0.4) is 0 Å². The Morgan fingerprint density at radius 3 is 2.29 bits per heavy atom. The van der Waals surface area contributed by atoms with Crippen molar-refractivity contribution in [1.82, 2.24) is 10.2 Å². The third-order valence-electron chi connectivity index (χ3n) is 5.01. The number of amides is 2. The zero-order valence-corrected chi connectivity index (χ0v) is 19.4. The molecular weight excluding hydrogens is 392 g/mol. The van der Waals surface area contributed by atoms with Crippen LogP contribution in [0, 0.1) is 13.8 Å². The summed E-state index contributed by atoms with van der Waals surface area (Å²) in [4.78, 5) is 27.6. The number of hydrogen-bond donors (Lipinski definition) is 1. The second-order valence-electron chi connectivity index (χ2n) is 8.01. The molecule has 2 aromatic carbocycles. The van der Waals surface area contributed by atoms with Crippen LogP contribution in [0.4, 0.5) is 0 Å². The van der Waals surface area contributed by atoms with Gasteiger partial charge in [0.05, 0.1) is 7.11 Å². The number of aryl methyl sites for hydroxylation is 2. The summed E-state index contributed by atoms with van der Waals surface area (Å²) in [5.41, 5.74) is 3.02. The Morgan fingerprint density at radius 2 is 1.74 bits per heavy atom. The van der Waals surface area contributed by atoms with E-state index in [4.69, 9.17) is 9.47 Å². The number of carbonyl (C=O) groups is 2. The van der Waals surface area contributed by atoms with Crippen molar-refractivity contribution in [3.05, 3.63) is 59.2 Å². The van der Waals surface area contributed by atoms with E-state index in [0.29, 0.717) is 18.7 Å². The molecular formula is C25H34N2O4. The van der Waals surface area contributed by atoms with Gasteiger partial charge in [-0.25, -0.2) is 0 Å². The van der Waals surface area contributed by atoms with E-state index in [1.54, 1.807) is 12.0 Å². The summed E-state index contributed by atoms with van der Waals surface area (Å²) in [6.45, 7) is 9.86. The summed E-state index contributed by atoms with van der Waals surface area (Å²) in [6, 6.07) is 12.7. The molecule has 0 aliphatic rings. The molecule has 0 radical (unpaired) electrons. The summed E-state index contributed by atoms with van der Waals surface area (Å²) in [5.74, 6) is 1.01. The largest absolute Gasteiger partial charge is 0.497 e. The predicted molar refractivity (Wildman–Crippen MR) is 122 cm³/mol. The number of carbonyl (C=O) groups excluding carboxylic acids is 2. The van der Waals surface area contributed by atoms with Gasteiger partial charge in [-0.15, -0.1) is 0 Å². The van der Waals surface area contributed by atoms with Gasteiger partial charge in [0.25, 0.3) is 5.91 Å². The highest BCUT2D eigenvalue weighted by atomic mass is 16.5. The van der Waals surface area contributed by atoms with Gasteiger partial charge in [-0.1, -0.05) is 36.8 Å². The first-order chi connectivity index (χ1) is 14.7.